The van der Waals surface area contributed by atoms with Gasteiger partial charge in [-0.2, -0.15) is 4.99 Å². The molecule has 1 atom stereocenters. The molecule has 0 saturated heterocycles. The molecule has 0 unspecified atom stereocenters. The lowest BCUT2D eigenvalue weighted by Gasteiger charge is -1.93. The minimum Gasteiger partial charge on any atom is -0.480 e. The molecule has 1 aliphatic rings. The number of carboxylic acids is 1. The van der Waals surface area contributed by atoms with Crippen LogP contribution in [0.4, 0.5) is 0 Å². The lowest BCUT2D eigenvalue weighted by Crippen LogP contribution is -2.23. The first-order chi connectivity index (χ1) is 5.59. The van der Waals surface area contributed by atoms with E-state index in [0.717, 1.165) is 0 Å². The fraction of sp³-hybridized carbons (Fsp3) is 0.400. The molecule has 0 spiro atoms. The summed E-state index contributed by atoms with van der Waals surface area (Å²) in [5.74, 6) is -0.669. The van der Waals surface area contributed by atoms with Crippen LogP contribution in [0, 0.1) is 0 Å². The van der Waals surface area contributed by atoms with Crippen molar-refractivity contribution < 1.29 is 9.90 Å². The second-order valence-electron chi connectivity index (χ2n) is 2.11. The van der Waals surface area contributed by atoms with Crippen LogP contribution in [0.15, 0.2) is 9.98 Å². The third kappa shape index (κ3) is 2.12. The molecule has 0 saturated carbocycles. The van der Waals surface area contributed by atoms with Crippen molar-refractivity contribution in [2.75, 3.05) is 5.75 Å². The molecule has 0 fully saturated rings. The summed E-state index contributed by atoms with van der Waals surface area (Å²) >= 11 is 1.23. The van der Waals surface area contributed by atoms with E-state index in [4.69, 9.17) is 16.6 Å². The Morgan fingerprint density at radius 2 is 2.42 bits per heavy atom. The van der Waals surface area contributed by atoms with Crippen molar-refractivity contribution in [3.8, 4) is 0 Å². The summed E-state index contributed by atoms with van der Waals surface area (Å²) in [5.41, 5.74) is 10.2. The van der Waals surface area contributed by atoms with Gasteiger partial charge in [0.25, 0.3) is 0 Å². The topological polar surface area (TPSA) is 114 Å². The normalized spacial score (nSPS) is 21.7. The van der Waals surface area contributed by atoms with Crippen LogP contribution in [-0.2, 0) is 4.79 Å². The first-order valence-electron chi connectivity index (χ1n) is 3.12. The molecule has 12 heavy (non-hydrogen) atoms. The van der Waals surface area contributed by atoms with E-state index in [0.29, 0.717) is 10.9 Å². The average molecular weight is 188 g/mol. The molecular weight excluding hydrogens is 180 g/mol. The number of nitrogens with zero attached hydrogens (tertiary/aromatic N) is 2. The average Bonchev–Trinajstić information content (AvgIpc) is 2.34. The van der Waals surface area contributed by atoms with Gasteiger partial charge >= 0.3 is 5.97 Å². The van der Waals surface area contributed by atoms with Gasteiger partial charge in [-0.3, -0.25) is 0 Å². The lowest BCUT2D eigenvalue weighted by molar-refractivity contribution is -0.137. The summed E-state index contributed by atoms with van der Waals surface area (Å²) in [4.78, 5) is 17.8. The highest BCUT2D eigenvalue weighted by molar-refractivity contribution is 8.14. The Morgan fingerprint density at radius 3 is 2.83 bits per heavy atom. The number of aliphatic imine (C=N–C) groups is 2. The number of carboxylic acid groups (broad SMARTS) is 1. The molecular formula is C5H8N4O2S. The molecule has 5 N–H and O–H groups in total. The predicted octanol–water partition coefficient (Wildman–Crippen LogP) is -1.18. The van der Waals surface area contributed by atoms with E-state index in [1.165, 1.54) is 11.8 Å². The number of amidine groups is 1. The van der Waals surface area contributed by atoms with Crippen molar-refractivity contribution in [1.29, 1.82) is 0 Å². The van der Waals surface area contributed by atoms with Crippen LogP contribution >= 0.6 is 11.8 Å². The van der Waals surface area contributed by atoms with Crippen LogP contribution in [0.3, 0.4) is 0 Å². The summed E-state index contributed by atoms with van der Waals surface area (Å²) in [5, 5.41) is 8.87. The monoisotopic (exact) mass is 188 g/mol. The largest absolute Gasteiger partial charge is 0.480 e. The maximum absolute atomic E-state index is 10.4. The van der Waals surface area contributed by atoms with Crippen molar-refractivity contribution in [2.24, 2.45) is 21.5 Å². The second-order valence-corrected chi connectivity index (χ2v) is 3.10. The van der Waals surface area contributed by atoms with Gasteiger partial charge in [0.15, 0.2) is 17.2 Å². The van der Waals surface area contributed by atoms with Gasteiger partial charge in [-0.25, -0.2) is 9.79 Å². The number of hydrogen-bond acceptors (Lipinski definition) is 4. The van der Waals surface area contributed by atoms with Crippen molar-refractivity contribution in [3.63, 3.8) is 0 Å². The molecule has 1 rings (SSSR count). The Bertz CT molecular complexity index is 258. The zero-order valence-electron chi connectivity index (χ0n) is 6.10. The molecule has 1 aliphatic heterocycles. The van der Waals surface area contributed by atoms with Gasteiger partial charge in [-0.15, -0.1) is 0 Å². The number of aliphatic carboxylic acids is 1. The molecule has 6 nitrogen and oxygen atoms in total. The molecule has 0 aromatic heterocycles. The summed E-state index contributed by atoms with van der Waals surface area (Å²) in [6.45, 7) is 0. The van der Waals surface area contributed by atoms with Crippen LogP contribution < -0.4 is 11.5 Å². The quantitative estimate of drug-likeness (QED) is 0.354. The number of thioether (sulfide) groups is 1. The molecule has 0 aromatic carbocycles. The standard InChI is InChI=1S/C5H8N4O2S/c6-4(7)9-5-8-2(1-12-5)3(10)11/h2H,1H2,(H,10,11)(H4,6,7,8,9)/t2-/m1/s1. The highest BCUT2D eigenvalue weighted by Crippen LogP contribution is 2.18. The SMILES string of the molecule is NC(N)=NC1=N[C@@H](C(=O)O)CS1. The highest BCUT2D eigenvalue weighted by Gasteiger charge is 2.24. The van der Waals surface area contributed by atoms with E-state index in [1.807, 2.05) is 0 Å². The highest BCUT2D eigenvalue weighted by atomic mass is 32.2. The van der Waals surface area contributed by atoms with Crippen LogP contribution in [0.25, 0.3) is 0 Å². The second kappa shape index (κ2) is 3.44. The number of carbonyl (C=O) groups is 1. The molecule has 1 heterocycles. The maximum Gasteiger partial charge on any atom is 0.329 e. The summed E-state index contributed by atoms with van der Waals surface area (Å²) < 4.78 is 0. The smallest absolute Gasteiger partial charge is 0.329 e. The van der Waals surface area contributed by atoms with E-state index in [1.54, 1.807) is 0 Å². The Balaban J connectivity index is 2.66. The summed E-state index contributed by atoms with van der Waals surface area (Å²) in [7, 11) is 0. The van der Waals surface area contributed by atoms with Crippen molar-refractivity contribution in [3.05, 3.63) is 0 Å². The van der Waals surface area contributed by atoms with Crippen molar-refractivity contribution in [2.45, 2.75) is 6.04 Å². The number of rotatable bonds is 1. The third-order valence-electron chi connectivity index (χ3n) is 1.15. The zero-order valence-corrected chi connectivity index (χ0v) is 6.91. The number of hydrogen-bond donors (Lipinski definition) is 3. The first-order valence-corrected chi connectivity index (χ1v) is 4.11. The molecule has 7 heteroatoms. The van der Waals surface area contributed by atoms with Crippen LogP contribution in [0.2, 0.25) is 0 Å². The van der Waals surface area contributed by atoms with Gasteiger partial charge in [0, 0.05) is 5.75 Å². The van der Waals surface area contributed by atoms with Gasteiger partial charge in [0.2, 0.25) is 0 Å². The van der Waals surface area contributed by atoms with Gasteiger partial charge in [0.05, 0.1) is 0 Å². The minimum absolute atomic E-state index is 0.104. The zero-order chi connectivity index (χ0) is 9.14. The molecule has 0 amide bonds. The van der Waals surface area contributed by atoms with E-state index in [2.05, 4.69) is 9.98 Å². The Hall–Kier alpha value is -1.24. The molecule has 0 bridgehead atoms. The van der Waals surface area contributed by atoms with Gasteiger partial charge in [0.1, 0.15) is 0 Å². The Labute approximate surface area is 72.7 Å². The van der Waals surface area contributed by atoms with Crippen LogP contribution in [0.5, 0.6) is 0 Å². The summed E-state index contributed by atoms with van der Waals surface area (Å²) in [6.07, 6.45) is 0. The molecule has 0 aliphatic carbocycles. The number of guanidine groups is 1. The van der Waals surface area contributed by atoms with Gasteiger partial charge < -0.3 is 16.6 Å². The van der Waals surface area contributed by atoms with E-state index >= 15 is 0 Å². The van der Waals surface area contributed by atoms with E-state index in [-0.39, 0.29) is 5.96 Å². The predicted molar refractivity (Wildman–Crippen MR) is 47.1 cm³/mol. The third-order valence-corrected chi connectivity index (χ3v) is 2.08. The first kappa shape index (κ1) is 8.85. The number of nitrogens with two attached hydrogens (primary N) is 2. The van der Waals surface area contributed by atoms with Gasteiger partial charge in [-0.05, 0) is 0 Å². The van der Waals surface area contributed by atoms with E-state index in [9.17, 15) is 4.79 Å². The van der Waals surface area contributed by atoms with E-state index < -0.39 is 12.0 Å². The van der Waals surface area contributed by atoms with Crippen LogP contribution in [-0.4, -0.2) is 34.0 Å². The molecule has 0 radical (unpaired) electrons. The maximum atomic E-state index is 10.4. The minimum atomic E-state index is -0.955. The van der Waals surface area contributed by atoms with Crippen molar-refractivity contribution in [1.82, 2.24) is 0 Å². The van der Waals surface area contributed by atoms with Crippen molar-refractivity contribution >= 4 is 28.9 Å². The Morgan fingerprint density at radius 1 is 1.75 bits per heavy atom. The fourth-order valence-corrected chi connectivity index (χ4v) is 1.56. The fourth-order valence-electron chi connectivity index (χ4n) is 0.659. The van der Waals surface area contributed by atoms with Gasteiger partial charge in [-0.1, -0.05) is 11.8 Å². The van der Waals surface area contributed by atoms with Crippen LogP contribution in [0.1, 0.15) is 0 Å². The Kier molecular flexibility index (Phi) is 2.54. The lowest BCUT2D eigenvalue weighted by atomic mass is 10.4. The molecule has 0 aromatic rings. The summed E-state index contributed by atoms with van der Waals surface area (Å²) in [6, 6.07) is -0.715. The molecule has 66 valence electrons.